The maximum atomic E-state index is 5.58. The minimum absolute atomic E-state index is 0.0855. The van der Waals surface area contributed by atoms with E-state index >= 15 is 0 Å². The first-order valence-electron chi connectivity index (χ1n) is 7.44. The van der Waals surface area contributed by atoms with Gasteiger partial charge in [-0.25, -0.2) is 0 Å². The predicted octanol–water partition coefficient (Wildman–Crippen LogP) is 2.86. The van der Waals surface area contributed by atoms with Crippen LogP contribution in [0.5, 0.6) is 0 Å². The fourth-order valence-electron chi connectivity index (χ4n) is 2.35. The third-order valence-corrected chi connectivity index (χ3v) is 4.18. The monoisotopic (exact) mass is 372 g/mol. The fourth-order valence-corrected chi connectivity index (χ4v) is 2.92. The van der Waals surface area contributed by atoms with Crippen LogP contribution in [0.4, 0.5) is 0 Å². The number of ether oxygens (including phenoxy) is 1. The molecule has 22 heavy (non-hydrogen) atoms. The van der Waals surface area contributed by atoms with Crippen molar-refractivity contribution < 1.29 is 4.74 Å². The van der Waals surface area contributed by atoms with E-state index in [1.54, 1.807) is 14.2 Å². The van der Waals surface area contributed by atoms with Gasteiger partial charge in [-0.05, 0) is 27.4 Å². The first-order chi connectivity index (χ1) is 10.2. The first kappa shape index (κ1) is 19.0. The minimum atomic E-state index is 0.0855. The molecule has 0 amide bonds. The summed E-state index contributed by atoms with van der Waals surface area (Å²) in [6, 6.07) is 2.12. The number of aryl methyl sites for hydroxylation is 1. The molecule has 0 spiro atoms. The Morgan fingerprint density at radius 2 is 2.14 bits per heavy atom. The van der Waals surface area contributed by atoms with Crippen LogP contribution in [-0.2, 0) is 18.3 Å². The van der Waals surface area contributed by atoms with Gasteiger partial charge in [0.1, 0.15) is 0 Å². The van der Waals surface area contributed by atoms with Crippen molar-refractivity contribution in [2.24, 2.45) is 17.5 Å². The van der Waals surface area contributed by atoms with E-state index in [0.717, 1.165) is 23.5 Å². The summed E-state index contributed by atoms with van der Waals surface area (Å²) < 4.78 is 8.79. The Hall–Kier alpha value is -1.01. The maximum Gasteiger partial charge on any atom is 0.193 e. The number of rotatable bonds is 5. The van der Waals surface area contributed by atoms with E-state index in [4.69, 9.17) is 4.74 Å². The van der Waals surface area contributed by atoms with E-state index in [1.807, 2.05) is 14.1 Å². The lowest BCUT2D eigenvalue weighted by molar-refractivity contribution is 0.0202. The Morgan fingerprint density at radius 1 is 1.50 bits per heavy atom. The highest BCUT2D eigenvalue weighted by molar-refractivity contribution is 9.10. The minimum Gasteiger partial charge on any atom is -0.379 e. The van der Waals surface area contributed by atoms with Gasteiger partial charge in [-0.15, -0.1) is 0 Å². The van der Waals surface area contributed by atoms with Crippen LogP contribution in [-0.4, -0.2) is 49.3 Å². The van der Waals surface area contributed by atoms with Gasteiger partial charge in [0, 0.05) is 51.2 Å². The molecule has 0 fully saturated rings. The molecule has 0 saturated heterocycles. The van der Waals surface area contributed by atoms with Gasteiger partial charge in [-0.3, -0.25) is 4.99 Å². The van der Waals surface area contributed by atoms with E-state index in [1.165, 1.54) is 5.69 Å². The largest absolute Gasteiger partial charge is 0.379 e. The second-order valence-corrected chi connectivity index (χ2v) is 7.55. The van der Waals surface area contributed by atoms with E-state index in [0.29, 0.717) is 0 Å². The van der Waals surface area contributed by atoms with Crippen LogP contribution in [0.2, 0.25) is 0 Å². The number of hydrogen-bond acceptors (Lipinski definition) is 2. The molecule has 0 aliphatic carbocycles. The van der Waals surface area contributed by atoms with Gasteiger partial charge in [-0.2, -0.15) is 0 Å². The summed E-state index contributed by atoms with van der Waals surface area (Å²) in [6.07, 6.45) is 2.18. The topological polar surface area (TPSA) is 41.8 Å². The molecule has 6 heteroatoms. The van der Waals surface area contributed by atoms with Crippen LogP contribution < -0.4 is 5.32 Å². The lowest BCUT2D eigenvalue weighted by Crippen LogP contribution is -2.45. The van der Waals surface area contributed by atoms with Crippen molar-refractivity contribution in [3.8, 4) is 0 Å². The highest BCUT2D eigenvalue weighted by Gasteiger charge is 2.24. The molecule has 0 aromatic carbocycles. The lowest BCUT2D eigenvalue weighted by Gasteiger charge is -2.31. The van der Waals surface area contributed by atoms with Crippen LogP contribution in [0.25, 0.3) is 0 Å². The molecule has 1 unspecified atom stereocenters. The molecule has 0 aliphatic rings. The van der Waals surface area contributed by atoms with E-state index in [2.05, 4.69) is 68.7 Å². The van der Waals surface area contributed by atoms with Crippen molar-refractivity contribution in [2.45, 2.75) is 33.4 Å². The van der Waals surface area contributed by atoms with Crippen LogP contribution in [0.1, 0.15) is 26.5 Å². The maximum absolute atomic E-state index is 5.58. The number of aromatic nitrogens is 1. The van der Waals surface area contributed by atoms with Gasteiger partial charge in [0.2, 0.25) is 0 Å². The SMILES string of the molecule is CN=C(NCC(OC)C(C)(C)C)N(C)Cc1cc(Br)cn1C. The standard InChI is InChI=1S/C16H29BrN4O/c1-16(2,3)14(22-7)9-19-15(18-4)21(6)11-13-8-12(17)10-20(13)5/h8,10,14H,9,11H2,1-7H3,(H,18,19). The van der Waals surface area contributed by atoms with E-state index in [9.17, 15) is 0 Å². The molecule has 126 valence electrons. The molecule has 0 radical (unpaired) electrons. The number of halogens is 1. The van der Waals surface area contributed by atoms with Crippen molar-refractivity contribution in [1.82, 2.24) is 14.8 Å². The van der Waals surface area contributed by atoms with Gasteiger partial charge < -0.3 is 19.5 Å². The second-order valence-electron chi connectivity index (χ2n) is 6.64. The molecule has 1 aromatic rings. The van der Waals surface area contributed by atoms with E-state index in [-0.39, 0.29) is 11.5 Å². The first-order valence-corrected chi connectivity index (χ1v) is 8.23. The highest BCUT2D eigenvalue weighted by Crippen LogP contribution is 2.21. The Kier molecular flexibility index (Phi) is 6.94. The average Bonchev–Trinajstić information content (AvgIpc) is 2.71. The Labute approximate surface area is 142 Å². The van der Waals surface area contributed by atoms with Gasteiger partial charge >= 0.3 is 0 Å². The summed E-state index contributed by atoms with van der Waals surface area (Å²) >= 11 is 3.51. The van der Waals surface area contributed by atoms with Crippen LogP contribution in [0, 0.1) is 5.41 Å². The Bertz CT molecular complexity index is 505. The van der Waals surface area contributed by atoms with Crippen LogP contribution in [0.15, 0.2) is 21.7 Å². The van der Waals surface area contributed by atoms with Crippen molar-refractivity contribution in [1.29, 1.82) is 0 Å². The van der Waals surface area contributed by atoms with Crippen LogP contribution >= 0.6 is 15.9 Å². The lowest BCUT2D eigenvalue weighted by atomic mass is 9.89. The van der Waals surface area contributed by atoms with Gasteiger partial charge in [0.15, 0.2) is 5.96 Å². The fraction of sp³-hybridized carbons (Fsp3) is 0.688. The third-order valence-electron chi connectivity index (χ3n) is 3.74. The normalized spacial score (nSPS) is 14.1. The van der Waals surface area contributed by atoms with Gasteiger partial charge in [-0.1, -0.05) is 20.8 Å². The highest BCUT2D eigenvalue weighted by atomic mass is 79.9. The molecule has 0 saturated carbocycles. The van der Waals surface area contributed by atoms with Crippen molar-refractivity contribution >= 4 is 21.9 Å². The molecule has 1 aromatic heterocycles. The zero-order valence-electron chi connectivity index (χ0n) is 14.8. The summed E-state index contributed by atoms with van der Waals surface area (Å²) in [7, 11) is 7.64. The summed E-state index contributed by atoms with van der Waals surface area (Å²) in [6.45, 7) is 8.05. The summed E-state index contributed by atoms with van der Waals surface area (Å²) in [5.41, 5.74) is 1.30. The van der Waals surface area contributed by atoms with Gasteiger partial charge in [0.05, 0.1) is 12.6 Å². The molecule has 0 bridgehead atoms. The average molecular weight is 373 g/mol. The van der Waals surface area contributed by atoms with Crippen molar-refractivity contribution in [3.05, 3.63) is 22.4 Å². The Balaban J connectivity index is 2.66. The number of aliphatic imine (C=N–C) groups is 1. The molecule has 1 rings (SSSR count). The number of nitrogens with zero attached hydrogens (tertiary/aromatic N) is 3. The zero-order chi connectivity index (χ0) is 16.9. The van der Waals surface area contributed by atoms with E-state index < -0.39 is 0 Å². The molecular weight excluding hydrogens is 344 g/mol. The second kappa shape index (κ2) is 8.02. The number of hydrogen-bond donors (Lipinski definition) is 1. The van der Waals surface area contributed by atoms with Crippen molar-refractivity contribution in [2.75, 3.05) is 27.7 Å². The number of guanidine groups is 1. The smallest absolute Gasteiger partial charge is 0.193 e. The molecule has 1 N–H and O–H groups in total. The number of methoxy groups -OCH3 is 1. The predicted molar refractivity (Wildman–Crippen MR) is 96.2 cm³/mol. The van der Waals surface area contributed by atoms with Crippen LogP contribution in [0.3, 0.4) is 0 Å². The van der Waals surface area contributed by atoms with Crippen molar-refractivity contribution in [3.63, 3.8) is 0 Å². The summed E-state index contributed by atoms with van der Waals surface area (Å²) in [4.78, 5) is 6.47. The third kappa shape index (κ3) is 5.32. The summed E-state index contributed by atoms with van der Waals surface area (Å²) in [5, 5.41) is 3.40. The Morgan fingerprint density at radius 3 is 2.55 bits per heavy atom. The molecule has 1 heterocycles. The quantitative estimate of drug-likeness (QED) is 0.638. The molecular formula is C16H29BrN4O. The molecule has 1 atom stereocenters. The molecule has 0 aliphatic heterocycles. The summed E-state index contributed by atoms with van der Waals surface area (Å²) in [5.74, 6) is 0.864. The molecule has 5 nitrogen and oxygen atoms in total. The zero-order valence-corrected chi connectivity index (χ0v) is 16.4. The number of nitrogens with one attached hydrogen (secondary N) is 1. The van der Waals surface area contributed by atoms with Gasteiger partial charge in [0.25, 0.3) is 0 Å².